The number of unbranched alkanes of at least 4 members (excludes halogenated alkanes) is 4. The van der Waals surface area contributed by atoms with Gasteiger partial charge in [0.2, 0.25) is 22.2 Å². The Morgan fingerprint density at radius 1 is 1.12 bits per heavy atom. The van der Waals surface area contributed by atoms with Crippen LogP contribution in [0.15, 0.2) is 29.5 Å². The summed E-state index contributed by atoms with van der Waals surface area (Å²) in [6.45, 7) is 0.393. The van der Waals surface area contributed by atoms with E-state index in [9.17, 15) is 12.8 Å². The fourth-order valence-corrected chi connectivity index (χ4v) is 5.98. The van der Waals surface area contributed by atoms with Gasteiger partial charge in [0.25, 0.3) is 0 Å². The van der Waals surface area contributed by atoms with Crippen LogP contribution >= 0.6 is 0 Å². The van der Waals surface area contributed by atoms with E-state index in [1.54, 1.807) is 30.7 Å². The smallest absolute Gasteiger partial charge is 0.217 e. The fraction of sp³-hybridized carbons (Fsp3) is 0.682. The number of hydrogen-bond acceptors (Lipinski definition) is 5. The van der Waals surface area contributed by atoms with Crippen LogP contribution in [0.2, 0.25) is 0 Å². The van der Waals surface area contributed by atoms with Gasteiger partial charge in [0.15, 0.2) is 0 Å². The number of guanidine groups is 1. The van der Waals surface area contributed by atoms with Gasteiger partial charge in [0.1, 0.15) is 6.67 Å². The van der Waals surface area contributed by atoms with Gasteiger partial charge in [0.05, 0.1) is 5.25 Å². The second kappa shape index (κ2) is 14.7. The van der Waals surface area contributed by atoms with Crippen molar-refractivity contribution in [2.75, 3.05) is 31.6 Å². The van der Waals surface area contributed by atoms with Crippen molar-refractivity contribution in [2.45, 2.75) is 69.5 Å². The van der Waals surface area contributed by atoms with E-state index in [0.29, 0.717) is 31.9 Å². The summed E-state index contributed by atoms with van der Waals surface area (Å²) in [6, 6.07) is 3.57. The number of nitrogens with one attached hydrogen (secondary N) is 2. The number of aromatic nitrogens is 1. The lowest BCUT2D eigenvalue weighted by Gasteiger charge is -2.29. The summed E-state index contributed by atoms with van der Waals surface area (Å²) in [5, 5.41) is 14.7. The molecule has 8 nitrogen and oxygen atoms in total. The molecule has 0 radical (unpaired) electrons. The highest BCUT2D eigenvalue weighted by molar-refractivity contribution is 7.89. The molecule has 0 aliphatic heterocycles. The molecule has 0 bridgehead atoms. The van der Waals surface area contributed by atoms with Gasteiger partial charge >= 0.3 is 0 Å². The first kappa shape index (κ1) is 26.0. The van der Waals surface area contributed by atoms with Crippen molar-refractivity contribution in [2.24, 2.45) is 4.99 Å². The summed E-state index contributed by atoms with van der Waals surface area (Å²) in [5.41, 5.74) is 0.794. The van der Waals surface area contributed by atoms with E-state index < -0.39 is 16.7 Å². The van der Waals surface area contributed by atoms with Crippen molar-refractivity contribution in [3.05, 3.63) is 24.5 Å². The molecule has 1 fully saturated rings. The average Bonchev–Trinajstić information content (AvgIpc) is 2.81. The summed E-state index contributed by atoms with van der Waals surface area (Å²) in [5.74, 6) is 0.397. The summed E-state index contributed by atoms with van der Waals surface area (Å²) in [7, 11) is -3.40. The zero-order valence-electron chi connectivity index (χ0n) is 18.7. The minimum absolute atomic E-state index is 0.0335. The van der Waals surface area contributed by atoms with E-state index in [1.165, 1.54) is 4.31 Å². The number of rotatable bonds is 13. The molecule has 0 unspecified atom stereocenters. The minimum atomic E-state index is -3.40. The number of alkyl halides is 1. The van der Waals surface area contributed by atoms with E-state index in [0.717, 1.165) is 57.1 Å². The maximum absolute atomic E-state index is 13.0. The molecule has 0 atom stereocenters. The highest BCUT2D eigenvalue weighted by atomic mass is 32.2. The highest BCUT2D eigenvalue weighted by Crippen LogP contribution is 2.26. The monoisotopic (exact) mass is 466 g/mol. The van der Waals surface area contributed by atoms with Gasteiger partial charge in [-0.2, -0.15) is 9.57 Å². The van der Waals surface area contributed by atoms with Crippen molar-refractivity contribution in [3.63, 3.8) is 0 Å². The number of anilines is 1. The Kier molecular flexibility index (Phi) is 12.0. The molecule has 2 N–H and O–H groups in total. The van der Waals surface area contributed by atoms with Gasteiger partial charge in [0, 0.05) is 37.7 Å². The van der Waals surface area contributed by atoms with E-state index in [-0.39, 0.29) is 11.8 Å². The molecule has 2 rings (SSSR count). The third-order valence-corrected chi connectivity index (χ3v) is 8.05. The molecule has 10 heteroatoms. The van der Waals surface area contributed by atoms with Crippen LogP contribution in [-0.4, -0.2) is 55.2 Å². The SMILES string of the molecule is N#C/N=C(\NCCCCCCCN(CCF)S(=O)(=O)C1CCCCC1)Nc1ccncc1. The second-order valence-corrected chi connectivity index (χ2v) is 10.2. The average molecular weight is 467 g/mol. The van der Waals surface area contributed by atoms with Crippen LogP contribution in [0, 0.1) is 11.5 Å². The summed E-state index contributed by atoms with van der Waals surface area (Å²) >= 11 is 0. The predicted octanol–water partition coefficient (Wildman–Crippen LogP) is 3.80. The van der Waals surface area contributed by atoms with E-state index in [1.807, 2.05) is 0 Å². The first-order valence-corrected chi connectivity index (χ1v) is 13.0. The number of halogens is 1. The maximum Gasteiger partial charge on any atom is 0.217 e. The van der Waals surface area contributed by atoms with Gasteiger partial charge in [-0.05, 0) is 37.8 Å². The molecule has 1 heterocycles. The number of hydrogen-bond donors (Lipinski definition) is 2. The topological polar surface area (TPSA) is 110 Å². The second-order valence-electron chi connectivity index (χ2n) is 8.01. The number of nitriles is 1. The molecule has 0 amide bonds. The van der Waals surface area contributed by atoms with Crippen molar-refractivity contribution < 1.29 is 12.8 Å². The van der Waals surface area contributed by atoms with E-state index >= 15 is 0 Å². The van der Waals surface area contributed by atoms with Gasteiger partial charge in [-0.15, -0.1) is 4.99 Å². The Hall–Kier alpha value is -2.25. The molecule has 1 saturated carbocycles. The van der Waals surface area contributed by atoms with E-state index in [2.05, 4.69) is 20.6 Å². The van der Waals surface area contributed by atoms with Crippen LogP contribution in [0.1, 0.15) is 64.2 Å². The molecule has 1 aliphatic rings. The first-order valence-electron chi connectivity index (χ1n) is 11.5. The molecular weight excluding hydrogens is 431 g/mol. The molecule has 1 aliphatic carbocycles. The summed E-state index contributed by atoms with van der Waals surface area (Å²) in [4.78, 5) is 7.70. The van der Waals surface area contributed by atoms with E-state index in [4.69, 9.17) is 5.26 Å². The zero-order valence-corrected chi connectivity index (χ0v) is 19.5. The van der Waals surface area contributed by atoms with Crippen molar-refractivity contribution in [3.8, 4) is 6.19 Å². The molecule has 0 aromatic carbocycles. The van der Waals surface area contributed by atoms with Gasteiger partial charge in [-0.1, -0.05) is 38.5 Å². The normalized spacial score (nSPS) is 15.5. The third-order valence-electron chi connectivity index (χ3n) is 5.65. The first-order chi connectivity index (χ1) is 15.6. The minimum Gasteiger partial charge on any atom is -0.355 e. The van der Waals surface area contributed by atoms with Gasteiger partial charge in [-0.3, -0.25) is 4.98 Å². The van der Waals surface area contributed by atoms with Crippen LogP contribution in [0.4, 0.5) is 10.1 Å². The molecule has 32 heavy (non-hydrogen) atoms. The quantitative estimate of drug-likeness (QED) is 0.198. The Bertz CT molecular complexity index is 823. The van der Waals surface area contributed by atoms with Crippen LogP contribution in [0.3, 0.4) is 0 Å². The molecular formula is C22H35FN6O2S. The van der Waals surface area contributed by atoms with Crippen molar-refractivity contribution in [1.82, 2.24) is 14.6 Å². The molecule has 178 valence electrons. The Morgan fingerprint density at radius 3 is 2.50 bits per heavy atom. The Labute approximate surface area is 191 Å². The van der Waals surface area contributed by atoms with Crippen molar-refractivity contribution in [1.29, 1.82) is 5.26 Å². The van der Waals surface area contributed by atoms with Crippen LogP contribution in [-0.2, 0) is 10.0 Å². The Balaban J connectivity index is 1.63. The lowest BCUT2D eigenvalue weighted by molar-refractivity contribution is 0.338. The molecule has 0 spiro atoms. The summed E-state index contributed by atoms with van der Waals surface area (Å²) < 4.78 is 40.0. The van der Waals surface area contributed by atoms with Crippen LogP contribution in [0.25, 0.3) is 0 Å². The van der Waals surface area contributed by atoms with Crippen LogP contribution in [0.5, 0.6) is 0 Å². The number of sulfonamides is 1. The predicted molar refractivity (Wildman–Crippen MR) is 125 cm³/mol. The number of aliphatic imine (C=N–C) groups is 1. The van der Waals surface area contributed by atoms with Crippen molar-refractivity contribution >= 4 is 21.7 Å². The standard InChI is InChI=1S/C22H35FN6O2S/c23-13-18-29(32(30,31)21-9-5-4-6-10-21)17-8-3-1-2-7-14-26-22(27-19-24)28-20-11-15-25-16-12-20/h11-12,15-16,21H,1-10,13-14,17-18H2,(H2,25,26,27,28). The number of pyridine rings is 1. The Morgan fingerprint density at radius 2 is 1.81 bits per heavy atom. The fourth-order valence-electron chi connectivity index (χ4n) is 3.92. The molecule has 0 saturated heterocycles. The van der Waals surface area contributed by atoms with Gasteiger partial charge in [-0.25, -0.2) is 12.8 Å². The summed E-state index contributed by atoms with van der Waals surface area (Å²) in [6.07, 6.45) is 14.0. The number of nitrogens with zero attached hydrogens (tertiary/aromatic N) is 4. The maximum atomic E-state index is 13.0. The van der Waals surface area contributed by atoms with Gasteiger partial charge < -0.3 is 10.6 Å². The molecule has 1 aromatic rings. The zero-order chi connectivity index (χ0) is 23.1. The lowest BCUT2D eigenvalue weighted by atomic mass is 10.0. The van der Waals surface area contributed by atoms with Crippen LogP contribution < -0.4 is 10.6 Å². The highest BCUT2D eigenvalue weighted by Gasteiger charge is 2.32. The third kappa shape index (κ3) is 9.09. The largest absolute Gasteiger partial charge is 0.355 e. The molecule has 1 aromatic heterocycles. The lowest BCUT2D eigenvalue weighted by Crippen LogP contribution is -2.41.